The number of aliphatic imine (C=N–C) groups is 1. The molecule has 0 radical (unpaired) electrons. The standard InChI is InChI=1S/C18H22ClN3O2/c1-23-16-7-3-13(4-8-16)9-10-21-18(20)22-12-14-5-6-15(19)11-17(14)24-2/h3-8,11H,9-10,12H2,1-2H3,(H3,20,21,22). The Labute approximate surface area is 147 Å². The van der Waals surface area contributed by atoms with Gasteiger partial charge in [-0.25, -0.2) is 4.99 Å². The molecule has 6 heteroatoms. The molecular formula is C18H22ClN3O2. The average molecular weight is 348 g/mol. The molecule has 0 saturated heterocycles. The van der Waals surface area contributed by atoms with E-state index in [0.717, 1.165) is 17.7 Å². The second-order valence-electron chi connectivity index (χ2n) is 5.18. The fraction of sp³-hybridized carbons (Fsp3) is 0.278. The first-order valence-corrected chi connectivity index (χ1v) is 7.99. The molecule has 0 aromatic heterocycles. The predicted molar refractivity (Wildman–Crippen MR) is 98.0 cm³/mol. The Kier molecular flexibility index (Phi) is 6.75. The summed E-state index contributed by atoms with van der Waals surface area (Å²) in [6.07, 6.45) is 0.852. The van der Waals surface area contributed by atoms with Crippen molar-refractivity contribution in [3.63, 3.8) is 0 Å². The Bertz CT molecular complexity index is 687. The number of methoxy groups -OCH3 is 2. The van der Waals surface area contributed by atoms with Gasteiger partial charge in [0.2, 0.25) is 0 Å². The smallest absolute Gasteiger partial charge is 0.188 e. The van der Waals surface area contributed by atoms with Crippen molar-refractivity contribution < 1.29 is 9.47 Å². The maximum atomic E-state index is 5.94. The van der Waals surface area contributed by atoms with Crippen LogP contribution in [0, 0.1) is 0 Å². The molecule has 128 valence electrons. The third-order valence-corrected chi connectivity index (χ3v) is 3.78. The SMILES string of the molecule is COc1ccc(CCNC(N)=NCc2ccc(Cl)cc2OC)cc1. The molecule has 0 aliphatic rings. The minimum Gasteiger partial charge on any atom is -0.497 e. The van der Waals surface area contributed by atoms with Gasteiger partial charge in [0, 0.05) is 17.1 Å². The fourth-order valence-corrected chi connectivity index (χ4v) is 2.36. The van der Waals surface area contributed by atoms with E-state index < -0.39 is 0 Å². The lowest BCUT2D eigenvalue weighted by atomic mass is 10.1. The number of hydrogen-bond acceptors (Lipinski definition) is 3. The molecule has 2 aromatic carbocycles. The number of ether oxygens (including phenoxy) is 2. The topological polar surface area (TPSA) is 68.9 Å². The van der Waals surface area contributed by atoms with Gasteiger partial charge in [-0.1, -0.05) is 29.8 Å². The van der Waals surface area contributed by atoms with Crippen LogP contribution in [0.4, 0.5) is 0 Å². The highest BCUT2D eigenvalue weighted by molar-refractivity contribution is 6.30. The van der Waals surface area contributed by atoms with Crippen molar-refractivity contribution in [3.8, 4) is 11.5 Å². The average Bonchev–Trinajstić information content (AvgIpc) is 2.61. The van der Waals surface area contributed by atoms with Crippen molar-refractivity contribution in [2.24, 2.45) is 10.7 Å². The van der Waals surface area contributed by atoms with Crippen LogP contribution in [-0.2, 0) is 13.0 Å². The van der Waals surface area contributed by atoms with Crippen LogP contribution in [0.5, 0.6) is 11.5 Å². The summed E-state index contributed by atoms with van der Waals surface area (Å²) < 4.78 is 10.4. The van der Waals surface area contributed by atoms with Crippen LogP contribution in [0.1, 0.15) is 11.1 Å². The van der Waals surface area contributed by atoms with E-state index in [9.17, 15) is 0 Å². The van der Waals surface area contributed by atoms with Crippen LogP contribution in [0.3, 0.4) is 0 Å². The molecule has 0 aliphatic carbocycles. The van der Waals surface area contributed by atoms with Crippen LogP contribution in [0.2, 0.25) is 5.02 Å². The summed E-state index contributed by atoms with van der Waals surface area (Å²) in [5.41, 5.74) is 8.04. The molecule has 0 spiro atoms. The van der Waals surface area contributed by atoms with Crippen molar-refractivity contribution in [2.45, 2.75) is 13.0 Å². The molecule has 0 bridgehead atoms. The number of guanidine groups is 1. The molecule has 0 amide bonds. The van der Waals surface area contributed by atoms with Gasteiger partial charge in [0.15, 0.2) is 5.96 Å². The summed E-state index contributed by atoms with van der Waals surface area (Å²) in [7, 11) is 3.26. The first kappa shape index (κ1) is 17.9. The van der Waals surface area contributed by atoms with E-state index in [0.29, 0.717) is 29.8 Å². The minimum absolute atomic E-state index is 0.403. The number of benzene rings is 2. The summed E-state index contributed by atoms with van der Waals surface area (Å²) in [5.74, 6) is 1.96. The van der Waals surface area contributed by atoms with Gasteiger partial charge >= 0.3 is 0 Å². The molecule has 0 atom stereocenters. The van der Waals surface area contributed by atoms with Gasteiger partial charge in [-0.05, 0) is 36.2 Å². The van der Waals surface area contributed by atoms with E-state index in [-0.39, 0.29) is 0 Å². The Morgan fingerprint density at radius 1 is 1.12 bits per heavy atom. The molecular weight excluding hydrogens is 326 g/mol. The second kappa shape index (κ2) is 9.03. The normalized spacial score (nSPS) is 11.2. The van der Waals surface area contributed by atoms with Crippen LogP contribution in [-0.4, -0.2) is 26.7 Å². The zero-order valence-corrected chi connectivity index (χ0v) is 14.6. The molecule has 2 aromatic rings. The van der Waals surface area contributed by atoms with Crippen LogP contribution < -0.4 is 20.5 Å². The van der Waals surface area contributed by atoms with Crippen LogP contribution in [0.25, 0.3) is 0 Å². The van der Waals surface area contributed by atoms with Crippen molar-refractivity contribution in [1.29, 1.82) is 0 Å². The Morgan fingerprint density at radius 2 is 1.88 bits per heavy atom. The van der Waals surface area contributed by atoms with Crippen molar-refractivity contribution in [3.05, 3.63) is 58.6 Å². The quantitative estimate of drug-likeness (QED) is 0.596. The third kappa shape index (κ3) is 5.35. The van der Waals surface area contributed by atoms with E-state index in [1.807, 2.05) is 36.4 Å². The maximum Gasteiger partial charge on any atom is 0.188 e. The Morgan fingerprint density at radius 3 is 2.54 bits per heavy atom. The van der Waals surface area contributed by atoms with Gasteiger partial charge in [-0.2, -0.15) is 0 Å². The Hall–Kier alpha value is -2.40. The third-order valence-electron chi connectivity index (χ3n) is 3.55. The van der Waals surface area contributed by atoms with E-state index in [4.69, 9.17) is 26.8 Å². The number of nitrogens with zero attached hydrogens (tertiary/aromatic N) is 1. The van der Waals surface area contributed by atoms with Crippen LogP contribution >= 0.6 is 11.6 Å². The van der Waals surface area contributed by atoms with E-state index in [2.05, 4.69) is 10.3 Å². The number of hydrogen-bond donors (Lipinski definition) is 2. The maximum absolute atomic E-state index is 5.94. The number of nitrogens with one attached hydrogen (secondary N) is 1. The largest absolute Gasteiger partial charge is 0.497 e. The zero-order chi connectivity index (χ0) is 17.4. The van der Waals surface area contributed by atoms with Crippen molar-refractivity contribution >= 4 is 17.6 Å². The van der Waals surface area contributed by atoms with E-state index in [1.165, 1.54) is 5.56 Å². The van der Waals surface area contributed by atoms with Crippen LogP contribution in [0.15, 0.2) is 47.5 Å². The second-order valence-corrected chi connectivity index (χ2v) is 5.62. The van der Waals surface area contributed by atoms with Gasteiger partial charge in [0.05, 0.1) is 20.8 Å². The van der Waals surface area contributed by atoms with Gasteiger partial charge in [-0.15, -0.1) is 0 Å². The summed E-state index contributed by atoms with van der Waals surface area (Å²) >= 11 is 5.94. The summed E-state index contributed by atoms with van der Waals surface area (Å²) in [5, 5.41) is 3.74. The Balaban J connectivity index is 1.83. The van der Waals surface area contributed by atoms with E-state index in [1.54, 1.807) is 20.3 Å². The molecule has 0 fully saturated rings. The predicted octanol–water partition coefficient (Wildman–Crippen LogP) is 3.00. The van der Waals surface area contributed by atoms with Crippen molar-refractivity contribution in [1.82, 2.24) is 5.32 Å². The first-order valence-electron chi connectivity index (χ1n) is 7.61. The van der Waals surface area contributed by atoms with Gasteiger partial charge in [-0.3, -0.25) is 0 Å². The molecule has 0 aliphatic heterocycles. The highest BCUT2D eigenvalue weighted by atomic mass is 35.5. The van der Waals surface area contributed by atoms with Crippen molar-refractivity contribution in [2.75, 3.05) is 20.8 Å². The lowest BCUT2D eigenvalue weighted by Crippen LogP contribution is -2.33. The van der Waals surface area contributed by atoms with Gasteiger partial charge in [0.1, 0.15) is 11.5 Å². The molecule has 0 unspecified atom stereocenters. The molecule has 2 rings (SSSR count). The van der Waals surface area contributed by atoms with E-state index >= 15 is 0 Å². The first-order chi connectivity index (χ1) is 11.6. The highest BCUT2D eigenvalue weighted by Crippen LogP contribution is 2.23. The van der Waals surface area contributed by atoms with Gasteiger partial charge in [0.25, 0.3) is 0 Å². The lowest BCUT2D eigenvalue weighted by Gasteiger charge is -2.09. The number of nitrogens with two attached hydrogens (primary N) is 1. The lowest BCUT2D eigenvalue weighted by molar-refractivity contribution is 0.410. The fourth-order valence-electron chi connectivity index (χ4n) is 2.20. The summed E-state index contributed by atoms with van der Waals surface area (Å²) in [6.45, 7) is 1.14. The molecule has 24 heavy (non-hydrogen) atoms. The molecule has 0 heterocycles. The van der Waals surface area contributed by atoms with Gasteiger partial charge < -0.3 is 20.5 Å². The number of halogens is 1. The number of rotatable bonds is 7. The molecule has 0 saturated carbocycles. The highest BCUT2D eigenvalue weighted by Gasteiger charge is 2.03. The summed E-state index contributed by atoms with van der Waals surface area (Å²) in [4.78, 5) is 4.33. The summed E-state index contributed by atoms with van der Waals surface area (Å²) in [6, 6.07) is 13.4. The molecule has 5 nitrogen and oxygen atoms in total. The zero-order valence-electron chi connectivity index (χ0n) is 13.9. The minimum atomic E-state index is 0.403. The molecule has 3 N–H and O–H groups in total. The monoisotopic (exact) mass is 347 g/mol.